The summed E-state index contributed by atoms with van der Waals surface area (Å²) in [6.07, 6.45) is 0.321. The zero-order chi connectivity index (χ0) is 15.2. The lowest BCUT2D eigenvalue weighted by Gasteiger charge is -2.10. The van der Waals surface area contributed by atoms with Crippen molar-refractivity contribution in [2.75, 3.05) is 17.7 Å². The maximum atomic E-state index is 13.6. The van der Waals surface area contributed by atoms with E-state index in [1.807, 2.05) is 0 Å². The Balaban J connectivity index is 2.18. The quantitative estimate of drug-likeness (QED) is 0.905. The Labute approximate surface area is 122 Å². The van der Waals surface area contributed by atoms with Gasteiger partial charge in [0, 0.05) is 12.7 Å². The first kappa shape index (κ1) is 14.5. The fraction of sp³-hybridized carbons (Fsp3) is 0.125. The van der Waals surface area contributed by atoms with Crippen molar-refractivity contribution in [2.45, 2.75) is 6.42 Å². The molecule has 0 saturated carbocycles. The molecule has 2 aromatic rings. The lowest BCUT2D eigenvalue weighted by Crippen LogP contribution is -2.14. The minimum atomic E-state index is -0.477. The Kier molecular flexibility index (Phi) is 4.52. The highest BCUT2D eigenvalue weighted by Gasteiger charge is 2.14. The van der Waals surface area contributed by atoms with Gasteiger partial charge in [0.05, 0.1) is 23.7 Å². The summed E-state index contributed by atoms with van der Waals surface area (Å²) < 4.78 is 13.6. The van der Waals surface area contributed by atoms with E-state index < -0.39 is 11.7 Å². The molecule has 0 heterocycles. The monoisotopic (exact) mass is 283 g/mol. The molecule has 4 nitrogen and oxygen atoms in total. The van der Waals surface area contributed by atoms with Gasteiger partial charge in [0.15, 0.2) is 0 Å². The Bertz CT molecular complexity index is 690. The Morgan fingerprint density at radius 1 is 1.24 bits per heavy atom. The molecular formula is C16H14FN3O. The van der Waals surface area contributed by atoms with Crippen LogP contribution in [0, 0.1) is 17.1 Å². The number of nitriles is 1. The molecular weight excluding hydrogens is 269 g/mol. The van der Waals surface area contributed by atoms with Gasteiger partial charge in [-0.05, 0) is 29.8 Å². The first-order chi connectivity index (χ1) is 10.2. The highest BCUT2D eigenvalue weighted by molar-refractivity contribution is 6.08. The number of nitrogens with one attached hydrogen (secondary N) is 2. The van der Waals surface area contributed by atoms with Crippen molar-refractivity contribution in [2.24, 2.45) is 0 Å². The van der Waals surface area contributed by atoms with E-state index in [2.05, 4.69) is 16.7 Å². The molecule has 0 spiro atoms. The van der Waals surface area contributed by atoms with Gasteiger partial charge in [0.25, 0.3) is 5.91 Å². The molecule has 0 bridgehead atoms. The molecule has 21 heavy (non-hydrogen) atoms. The van der Waals surface area contributed by atoms with Crippen LogP contribution < -0.4 is 10.6 Å². The molecule has 0 radical (unpaired) electrons. The second kappa shape index (κ2) is 6.53. The van der Waals surface area contributed by atoms with E-state index in [0.29, 0.717) is 12.1 Å². The average Bonchev–Trinajstić information content (AvgIpc) is 2.49. The normalized spacial score (nSPS) is 9.76. The summed E-state index contributed by atoms with van der Waals surface area (Å²) in [7, 11) is 1.56. The van der Waals surface area contributed by atoms with Gasteiger partial charge < -0.3 is 10.6 Å². The van der Waals surface area contributed by atoms with Crippen LogP contribution in [0.25, 0.3) is 0 Å². The maximum absolute atomic E-state index is 13.6. The van der Waals surface area contributed by atoms with E-state index in [-0.39, 0.29) is 11.3 Å². The van der Waals surface area contributed by atoms with Gasteiger partial charge in [-0.25, -0.2) is 4.39 Å². The molecule has 5 heteroatoms. The minimum absolute atomic E-state index is 0.163. The highest BCUT2D eigenvalue weighted by Crippen LogP contribution is 2.20. The summed E-state index contributed by atoms with van der Waals surface area (Å²) >= 11 is 0. The summed E-state index contributed by atoms with van der Waals surface area (Å²) in [6, 6.07) is 13.3. The summed E-state index contributed by atoms with van der Waals surface area (Å²) in [4.78, 5) is 12.2. The summed E-state index contributed by atoms with van der Waals surface area (Å²) in [5, 5.41) is 14.0. The number of rotatable bonds is 4. The molecule has 1 amide bonds. The Morgan fingerprint density at radius 2 is 1.95 bits per heavy atom. The third-order valence-electron chi connectivity index (χ3n) is 3.00. The standard InChI is InChI=1S/C16H14FN3O/c1-19-15-13(3-2-4-14(15)17)16(21)20-12-7-5-11(6-8-12)9-10-18/h2-8,19H,9H2,1H3,(H,20,21). The molecule has 0 aromatic heterocycles. The Hall–Kier alpha value is -2.87. The zero-order valence-corrected chi connectivity index (χ0v) is 11.5. The molecule has 0 aliphatic rings. The number of nitrogens with zero attached hydrogens (tertiary/aromatic N) is 1. The van der Waals surface area contributed by atoms with Crippen molar-refractivity contribution < 1.29 is 9.18 Å². The largest absolute Gasteiger partial charge is 0.385 e. The van der Waals surface area contributed by atoms with Gasteiger partial charge in [-0.15, -0.1) is 0 Å². The van der Waals surface area contributed by atoms with Crippen LogP contribution in [0.3, 0.4) is 0 Å². The highest BCUT2D eigenvalue weighted by atomic mass is 19.1. The van der Waals surface area contributed by atoms with E-state index in [1.54, 1.807) is 37.4 Å². The van der Waals surface area contributed by atoms with Gasteiger partial charge in [-0.2, -0.15) is 5.26 Å². The second-order valence-electron chi connectivity index (χ2n) is 4.40. The van der Waals surface area contributed by atoms with Crippen molar-refractivity contribution in [3.8, 4) is 6.07 Å². The van der Waals surface area contributed by atoms with E-state index in [1.165, 1.54) is 12.1 Å². The van der Waals surface area contributed by atoms with Crippen molar-refractivity contribution in [3.63, 3.8) is 0 Å². The number of anilines is 2. The SMILES string of the molecule is CNc1c(F)cccc1C(=O)Nc1ccc(CC#N)cc1. The third-order valence-corrected chi connectivity index (χ3v) is 3.00. The van der Waals surface area contributed by atoms with E-state index >= 15 is 0 Å². The van der Waals surface area contributed by atoms with Crippen molar-refractivity contribution in [3.05, 3.63) is 59.4 Å². The number of para-hydroxylation sites is 1. The van der Waals surface area contributed by atoms with Crippen molar-refractivity contribution >= 4 is 17.3 Å². The van der Waals surface area contributed by atoms with Crippen LogP contribution in [0.5, 0.6) is 0 Å². The third kappa shape index (κ3) is 3.37. The summed E-state index contributed by atoms with van der Waals surface area (Å²) in [6.45, 7) is 0. The fourth-order valence-corrected chi connectivity index (χ4v) is 1.96. The van der Waals surface area contributed by atoms with Gasteiger partial charge >= 0.3 is 0 Å². The average molecular weight is 283 g/mol. The van der Waals surface area contributed by atoms with Crippen LogP contribution in [0.4, 0.5) is 15.8 Å². The van der Waals surface area contributed by atoms with Gasteiger partial charge in [0.2, 0.25) is 0 Å². The lowest BCUT2D eigenvalue weighted by atomic mass is 10.1. The molecule has 2 N–H and O–H groups in total. The number of hydrogen-bond acceptors (Lipinski definition) is 3. The molecule has 2 aromatic carbocycles. The molecule has 0 aliphatic carbocycles. The van der Waals surface area contributed by atoms with Gasteiger partial charge in [-0.1, -0.05) is 18.2 Å². The molecule has 0 fully saturated rings. The van der Waals surface area contributed by atoms with Gasteiger partial charge in [-0.3, -0.25) is 4.79 Å². The summed E-state index contributed by atoms with van der Waals surface area (Å²) in [5.41, 5.74) is 1.86. The van der Waals surface area contributed by atoms with E-state index in [4.69, 9.17) is 5.26 Å². The van der Waals surface area contributed by atoms with Crippen molar-refractivity contribution in [1.29, 1.82) is 5.26 Å². The zero-order valence-electron chi connectivity index (χ0n) is 11.5. The summed E-state index contributed by atoms with van der Waals surface area (Å²) in [5.74, 6) is -0.874. The predicted octanol–water partition coefficient (Wildman–Crippen LogP) is 3.19. The minimum Gasteiger partial charge on any atom is -0.385 e. The van der Waals surface area contributed by atoms with Crippen LogP contribution in [-0.2, 0) is 6.42 Å². The van der Waals surface area contributed by atoms with Crippen LogP contribution >= 0.6 is 0 Å². The van der Waals surface area contributed by atoms with Crippen LogP contribution in [0.1, 0.15) is 15.9 Å². The number of carbonyl (C=O) groups is 1. The van der Waals surface area contributed by atoms with Gasteiger partial charge in [0.1, 0.15) is 5.82 Å². The molecule has 2 rings (SSSR count). The van der Waals surface area contributed by atoms with Crippen LogP contribution in [-0.4, -0.2) is 13.0 Å². The lowest BCUT2D eigenvalue weighted by molar-refractivity contribution is 0.102. The maximum Gasteiger partial charge on any atom is 0.257 e. The van der Waals surface area contributed by atoms with E-state index in [0.717, 1.165) is 5.56 Å². The molecule has 0 atom stereocenters. The fourth-order valence-electron chi connectivity index (χ4n) is 1.96. The number of halogens is 1. The van der Waals surface area contributed by atoms with E-state index in [9.17, 15) is 9.18 Å². The Morgan fingerprint density at radius 3 is 2.57 bits per heavy atom. The smallest absolute Gasteiger partial charge is 0.257 e. The van der Waals surface area contributed by atoms with Crippen LogP contribution in [0.15, 0.2) is 42.5 Å². The topological polar surface area (TPSA) is 64.9 Å². The molecule has 106 valence electrons. The number of carbonyl (C=O) groups excluding carboxylic acids is 1. The molecule has 0 saturated heterocycles. The molecule has 0 aliphatic heterocycles. The number of amides is 1. The first-order valence-corrected chi connectivity index (χ1v) is 6.39. The second-order valence-corrected chi connectivity index (χ2v) is 4.40. The first-order valence-electron chi connectivity index (χ1n) is 6.39. The van der Waals surface area contributed by atoms with Crippen LogP contribution in [0.2, 0.25) is 0 Å². The van der Waals surface area contributed by atoms with Crippen molar-refractivity contribution in [1.82, 2.24) is 0 Å². The number of hydrogen-bond donors (Lipinski definition) is 2. The predicted molar refractivity (Wildman–Crippen MR) is 79.7 cm³/mol. The number of benzene rings is 2. The molecule has 0 unspecified atom stereocenters.